The lowest BCUT2D eigenvalue weighted by Gasteiger charge is -2.31. The lowest BCUT2D eigenvalue weighted by atomic mass is 10.1. The lowest BCUT2D eigenvalue weighted by Crippen LogP contribution is -2.43. The molecule has 3 N–H and O–H groups in total. The molecular weight excluding hydrogens is 516 g/mol. The van der Waals surface area contributed by atoms with Gasteiger partial charge in [0.25, 0.3) is 5.56 Å². The Morgan fingerprint density at radius 1 is 1.21 bits per heavy atom. The number of aliphatic hydroxyl groups is 1. The summed E-state index contributed by atoms with van der Waals surface area (Å²) in [7, 11) is -2.37. The molecule has 1 aliphatic heterocycles. The first-order chi connectivity index (χ1) is 18.8. The third-order valence-corrected chi connectivity index (χ3v) is 6.99. The van der Waals surface area contributed by atoms with Crippen molar-refractivity contribution >= 4 is 43.8 Å². The molecule has 0 spiro atoms. The fraction of sp³-hybridized carbons (Fsp3) is 0.296. The average Bonchev–Trinajstić information content (AvgIpc) is 3.19. The van der Waals surface area contributed by atoms with E-state index in [1.54, 1.807) is 41.5 Å². The largest absolute Gasteiger partial charge is 0.392 e. The van der Waals surface area contributed by atoms with Crippen LogP contribution in [-0.2, 0) is 22.9 Å². The van der Waals surface area contributed by atoms with E-state index in [9.17, 15) is 14.1 Å². The van der Waals surface area contributed by atoms with Gasteiger partial charge in [-0.3, -0.25) is 4.79 Å². The normalized spacial score (nSPS) is 14.0. The standard InChI is InChI=1S/C27H32N8O3S/c1-4-12-34-26(37)23-17-29-27(30-20-8-9-24(19(15-20)18-36)33-13-10-28-11-14-33)31-25(23)35(34)22-7-5-6-21(16-22)32-39(2,3)38/h4-9,15-17,28,36H,1,10-14,18H2,2-3H3,(H,29,30,31). The van der Waals surface area contributed by atoms with Crippen molar-refractivity contribution in [2.24, 2.45) is 4.36 Å². The topological polar surface area (TPSA) is 130 Å². The van der Waals surface area contributed by atoms with Crippen molar-refractivity contribution in [1.82, 2.24) is 24.6 Å². The van der Waals surface area contributed by atoms with Crippen molar-refractivity contribution in [3.8, 4) is 5.69 Å². The Labute approximate surface area is 227 Å². The van der Waals surface area contributed by atoms with E-state index in [4.69, 9.17) is 4.98 Å². The summed E-state index contributed by atoms with van der Waals surface area (Å²) in [6, 6.07) is 13.0. The molecule has 3 heterocycles. The van der Waals surface area contributed by atoms with Gasteiger partial charge in [-0.15, -0.1) is 6.58 Å². The summed E-state index contributed by atoms with van der Waals surface area (Å²) in [6.07, 6.45) is 6.28. The van der Waals surface area contributed by atoms with Crippen molar-refractivity contribution in [3.63, 3.8) is 0 Å². The summed E-state index contributed by atoms with van der Waals surface area (Å²) in [5.74, 6) is 0.303. The number of aliphatic hydroxyl groups excluding tert-OH is 1. The molecule has 0 bridgehead atoms. The predicted molar refractivity (Wildman–Crippen MR) is 156 cm³/mol. The highest BCUT2D eigenvalue weighted by Crippen LogP contribution is 2.27. The first kappa shape index (κ1) is 26.6. The zero-order valence-electron chi connectivity index (χ0n) is 22.0. The van der Waals surface area contributed by atoms with E-state index < -0.39 is 9.73 Å². The Hall–Kier alpha value is -4.00. The van der Waals surface area contributed by atoms with Crippen LogP contribution in [0, 0.1) is 0 Å². The number of nitrogens with zero attached hydrogens (tertiary/aromatic N) is 6. The summed E-state index contributed by atoms with van der Waals surface area (Å²) in [5.41, 5.74) is 3.86. The minimum atomic E-state index is -2.37. The Morgan fingerprint density at radius 3 is 2.72 bits per heavy atom. The van der Waals surface area contributed by atoms with Crippen LogP contribution in [0.25, 0.3) is 16.7 Å². The molecule has 2 aromatic heterocycles. The SMILES string of the molecule is C=CCn1c(=O)c2cnc(Nc3ccc(N4CCNCC4)c(CO)c3)nc2n1-c1cccc(N=S(C)(C)=O)c1. The third kappa shape index (κ3) is 5.72. The highest BCUT2D eigenvalue weighted by molar-refractivity contribution is 7.92. The molecule has 12 heteroatoms. The molecule has 0 radical (unpaired) electrons. The molecule has 0 atom stereocenters. The molecule has 1 saturated heterocycles. The van der Waals surface area contributed by atoms with Gasteiger partial charge in [0.1, 0.15) is 5.39 Å². The molecule has 0 saturated carbocycles. The monoisotopic (exact) mass is 548 g/mol. The summed E-state index contributed by atoms with van der Waals surface area (Å²) in [6.45, 7) is 7.51. The number of piperazine rings is 1. The van der Waals surface area contributed by atoms with Crippen LogP contribution in [0.2, 0.25) is 0 Å². The molecule has 4 aromatic rings. The van der Waals surface area contributed by atoms with Gasteiger partial charge in [0.2, 0.25) is 5.95 Å². The van der Waals surface area contributed by atoms with Crippen LogP contribution in [0.1, 0.15) is 5.56 Å². The molecule has 1 aliphatic rings. The van der Waals surface area contributed by atoms with Gasteiger partial charge in [-0.2, -0.15) is 9.35 Å². The summed E-state index contributed by atoms with van der Waals surface area (Å²) >= 11 is 0. The molecule has 0 amide bonds. The number of hydrogen-bond donors (Lipinski definition) is 3. The predicted octanol–water partition coefficient (Wildman–Crippen LogP) is 2.77. The maximum atomic E-state index is 13.3. The van der Waals surface area contributed by atoms with Crippen LogP contribution >= 0.6 is 0 Å². The van der Waals surface area contributed by atoms with Crippen LogP contribution in [0.3, 0.4) is 0 Å². The van der Waals surface area contributed by atoms with E-state index in [-0.39, 0.29) is 18.7 Å². The van der Waals surface area contributed by atoms with E-state index in [2.05, 4.69) is 31.5 Å². The highest BCUT2D eigenvalue weighted by atomic mass is 32.2. The minimum absolute atomic E-state index is 0.0953. The molecule has 5 rings (SSSR count). The van der Waals surface area contributed by atoms with E-state index in [1.165, 1.54) is 10.9 Å². The number of rotatable bonds is 8. The number of nitrogens with one attached hydrogen (secondary N) is 2. The molecule has 204 valence electrons. The minimum Gasteiger partial charge on any atom is -0.392 e. The number of aromatic nitrogens is 4. The summed E-state index contributed by atoms with van der Waals surface area (Å²) in [5, 5.41) is 17.0. The van der Waals surface area contributed by atoms with Gasteiger partial charge in [-0.1, -0.05) is 12.1 Å². The Bertz CT molecular complexity index is 1700. The van der Waals surface area contributed by atoms with Gasteiger partial charge in [-0.25, -0.2) is 18.6 Å². The Balaban J connectivity index is 1.56. The molecule has 0 unspecified atom stereocenters. The number of allylic oxidation sites excluding steroid dienone is 1. The average molecular weight is 549 g/mol. The van der Waals surface area contributed by atoms with Crippen molar-refractivity contribution in [1.29, 1.82) is 0 Å². The van der Waals surface area contributed by atoms with Gasteiger partial charge in [0, 0.05) is 71.6 Å². The first-order valence-corrected chi connectivity index (χ1v) is 14.9. The zero-order chi connectivity index (χ0) is 27.6. The van der Waals surface area contributed by atoms with E-state index in [1.807, 2.05) is 24.3 Å². The molecule has 0 aliphatic carbocycles. The zero-order valence-corrected chi connectivity index (χ0v) is 22.8. The molecule has 11 nitrogen and oxygen atoms in total. The van der Waals surface area contributed by atoms with Gasteiger partial charge in [0.15, 0.2) is 5.65 Å². The fourth-order valence-corrected chi connectivity index (χ4v) is 5.33. The van der Waals surface area contributed by atoms with Gasteiger partial charge in [-0.05, 0) is 36.4 Å². The number of hydrogen-bond acceptors (Lipinski definition) is 9. The van der Waals surface area contributed by atoms with E-state index in [0.717, 1.165) is 43.1 Å². The molecular formula is C27H32N8O3S. The first-order valence-electron chi connectivity index (χ1n) is 12.6. The molecule has 1 fully saturated rings. The van der Waals surface area contributed by atoms with Crippen molar-refractivity contribution in [3.05, 3.63) is 77.2 Å². The van der Waals surface area contributed by atoms with Crippen LogP contribution in [0.15, 0.2) is 70.5 Å². The maximum absolute atomic E-state index is 13.3. The van der Waals surface area contributed by atoms with Gasteiger partial charge >= 0.3 is 0 Å². The fourth-order valence-electron chi connectivity index (χ4n) is 4.71. The Morgan fingerprint density at radius 2 is 2.00 bits per heavy atom. The quantitative estimate of drug-likeness (QED) is 0.287. The second kappa shape index (κ2) is 11.0. The van der Waals surface area contributed by atoms with Gasteiger partial charge < -0.3 is 20.6 Å². The smallest absolute Gasteiger partial charge is 0.278 e. The molecule has 39 heavy (non-hydrogen) atoms. The van der Waals surface area contributed by atoms with Crippen LogP contribution < -0.4 is 21.1 Å². The molecule has 2 aromatic carbocycles. The number of benzene rings is 2. The summed E-state index contributed by atoms with van der Waals surface area (Å²) < 4.78 is 19.8. The van der Waals surface area contributed by atoms with Crippen molar-refractivity contribution in [2.45, 2.75) is 13.2 Å². The van der Waals surface area contributed by atoms with Crippen LogP contribution in [0.5, 0.6) is 0 Å². The summed E-state index contributed by atoms with van der Waals surface area (Å²) in [4.78, 5) is 24.6. The second-order valence-corrected chi connectivity index (χ2v) is 12.1. The van der Waals surface area contributed by atoms with Crippen molar-refractivity contribution in [2.75, 3.05) is 48.9 Å². The van der Waals surface area contributed by atoms with Crippen LogP contribution in [-0.4, -0.2) is 67.3 Å². The lowest BCUT2D eigenvalue weighted by molar-refractivity contribution is 0.282. The number of fused-ring (bicyclic) bond motifs is 1. The second-order valence-electron chi connectivity index (χ2n) is 9.57. The van der Waals surface area contributed by atoms with Crippen LogP contribution in [0.4, 0.5) is 23.0 Å². The third-order valence-electron chi connectivity index (χ3n) is 6.34. The number of anilines is 3. The van der Waals surface area contributed by atoms with Gasteiger partial charge in [0.05, 0.1) is 24.5 Å². The maximum Gasteiger partial charge on any atom is 0.278 e. The van der Waals surface area contributed by atoms with Crippen molar-refractivity contribution < 1.29 is 9.32 Å². The Kier molecular flexibility index (Phi) is 7.51. The van der Waals surface area contributed by atoms with E-state index in [0.29, 0.717) is 28.4 Å². The van der Waals surface area contributed by atoms with E-state index >= 15 is 0 Å². The highest BCUT2D eigenvalue weighted by Gasteiger charge is 2.18.